The average molecular weight is 404 g/mol. The van der Waals surface area contributed by atoms with Crippen LogP contribution >= 0.6 is 11.3 Å². The van der Waals surface area contributed by atoms with Gasteiger partial charge in [0.2, 0.25) is 5.82 Å². The number of pyridine rings is 1. The van der Waals surface area contributed by atoms with E-state index in [0.717, 1.165) is 47.5 Å². The fraction of sp³-hybridized carbons (Fsp3) is 0.286. The van der Waals surface area contributed by atoms with Crippen molar-refractivity contribution in [3.63, 3.8) is 0 Å². The van der Waals surface area contributed by atoms with Crippen molar-refractivity contribution >= 4 is 32.6 Å². The molecule has 0 unspecified atom stereocenters. The van der Waals surface area contributed by atoms with Gasteiger partial charge >= 0.3 is 0 Å². The Morgan fingerprint density at radius 3 is 3.00 bits per heavy atom. The number of thiazole rings is 1. The molecule has 146 valence electrons. The van der Waals surface area contributed by atoms with Crippen LogP contribution in [0.15, 0.2) is 42.6 Å². The Morgan fingerprint density at radius 2 is 2.17 bits per heavy atom. The number of nitrogens with zero attached hydrogens (tertiary/aromatic N) is 6. The smallest absolute Gasteiger partial charge is 0.298 e. The lowest BCUT2D eigenvalue weighted by molar-refractivity contribution is 0.0970. The van der Waals surface area contributed by atoms with Gasteiger partial charge < -0.3 is 4.57 Å². The monoisotopic (exact) mass is 404 g/mol. The molecule has 4 heterocycles. The van der Waals surface area contributed by atoms with E-state index in [-0.39, 0.29) is 5.91 Å². The minimum Gasteiger partial charge on any atom is -0.307 e. The number of anilines is 1. The number of carbonyl (C=O) groups is 1. The van der Waals surface area contributed by atoms with Gasteiger partial charge in [-0.05, 0) is 42.7 Å². The molecular weight excluding hydrogens is 384 g/mol. The van der Waals surface area contributed by atoms with Crippen molar-refractivity contribution in [3.05, 3.63) is 65.5 Å². The third-order valence-electron chi connectivity index (χ3n) is 5.17. The minimum atomic E-state index is -0.189. The third kappa shape index (κ3) is 3.29. The van der Waals surface area contributed by atoms with Crippen LogP contribution in [0.1, 0.15) is 41.0 Å². The topological polar surface area (TPSA) is 76.8 Å². The molecule has 0 spiro atoms. The number of fused-ring (bicyclic) bond motifs is 2. The molecule has 1 aliphatic rings. The van der Waals surface area contributed by atoms with E-state index in [9.17, 15) is 4.79 Å². The Labute approximate surface area is 172 Å². The van der Waals surface area contributed by atoms with Gasteiger partial charge in [0.15, 0.2) is 5.13 Å². The first kappa shape index (κ1) is 17.9. The van der Waals surface area contributed by atoms with Gasteiger partial charge in [0.1, 0.15) is 5.82 Å². The first-order valence-electron chi connectivity index (χ1n) is 9.76. The highest BCUT2D eigenvalue weighted by molar-refractivity contribution is 7.22. The lowest BCUT2D eigenvalue weighted by Crippen LogP contribution is -2.33. The second kappa shape index (κ2) is 7.36. The van der Waals surface area contributed by atoms with Crippen molar-refractivity contribution in [2.45, 2.75) is 39.3 Å². The summed E-state index contributed by atoms with van der Waals surface area (Å²) in [4.78, 5) is 24.3. The number of carbonyl (C=O) groups excluding carboxylic acids is 1. The molecule has 0 atom stereocenters. The van der Waals surface area contributed by atoms with E-state index in [0.29, 0.717) is 17.5 Å². The van der Waals surface area contributed by atoms with Crippen molar-refractivity contribution in [1.29, 1.82) is 0 Å². The number of rotatable bonds is 5. The van der Waals surface area contributed by atoms with Crippen LogP contribution in [-0.4, -0.2) is 30.6 Å². The van der Waals surface area contributed by atoms with Crippen molar-refractivity contribution in [1.82, 2.24) is 24.7 Å². The minimum absolute atomic E-state index is 0.189. The van der Waals surface area contributed by atoms with Crippen LogP contribution in [0.5, 0.6) is 0 Å². The van der Waals surface area contributed by atoms with E-state index in [2.05, 4.69) is 34.2 Å². The molecule has 0 saturated heterocycles. The maximum absolute atomic E-state index is 13.5. The Bertz CT molecular complexity index is 1180. The Balaban J connectivity index is 1.57. The number of hydrogen-bond donors (Lipinski definition) is 0. The van der Waals surface area contributed by atoms with Gasteiger partial charge in [0.25, 0.3) is 5.91 Å². The van der Waals surface area contributed by atoms with Crippen molar-refractivity contribution in [2.75, 3.05) is 4.90 Å². The second-order valence-electron chi connectivity index (χ2n) is 7.06. The number of hydrogen-bond acceptors (Lipinski definition) is 6. The third-order valence-corrected chi connectivity index (χ3v) is 6.21. The van der Waals surface area contributed by atoms with Gasteiger partial charge in [-0.15, -0.1) is 10.2 Å². The van der Waals surface area contributed by atoms with Crippen molar-refractivity contribution < 1.29 is 4.79 Å². The summed E-state index contributed by atoms with van der Waals surface area (Å²) in [5.41, 5.74) is 2.95. The maximum Gasteiger partial charge on any atom is 0.298 e. The number of aryl methyl sites for hydroxylation is 2. The summed E-state index contributed by atoms with van der Waals surface area (Å²) in [6.07, 6.45) is 4.55. The molecule has 0 bridgehead atoms. The van der Waals surface area contributed by atoms with E-state index < -0.39 is 0 Å². The van der Waals surface area contributed by atoms with Crippen LogP contribution in [0.2, 0.25) is 0 Å². The Kier molecular flexibility index (Phi) is 4.55. The van der Waals surface area contributed by atoms with Gasteiger partial charge in [-0.25, -0.2) is 4.98 Å². The van der Waals surface area contributed by atoms with Crippen LogP contribution in [0, 0.1) is 0 Å². The lowest BCUT2D eigenvalue weighted by Gasteiger charge is -2.19. The molecule has 4 aromatic rings. The summed E-state index contributed by atoms with van der Waals surface area (Å²) in [5.74, 6) is 1.07. The molecule has 0 saturated carbocycles. The highest BCUT2D eigenvalue weighted by Crippen LogP contribution is 2.31. The first-order chi connectivity index (χ1) is 14.2. The van der Waals surface area contributed by atoms with E-state index in [4.69, 9.17) is 4.98 Å². The summed E-state index contributed by atoms with van der Waals surface area (Å²) >= 11 is 1.52. The molecule has 0 aliphatic carbocycles. The summed E-state index contributed by atoms with van der Waals surface area (Å²) in [6, 6.07) is 12.0. The van der Waals surface area contributed by atoms with Gasteiger partial charge in [-0.1, -0.05) is 30.4 Å². The van der Waals surface area contributed by atoms with Crippen LogP contribution < -0.4 is 4.90 Å². The predicted molar refractivity (Wildman–Crippen MR) is 112 cm³/mol. The van der Waals surface area contributed by atoms with Crippen molar-refractivity contribution in [3.8, 4) is 0 Å². The molecule has 7 nitrogen and oxygen atoms in total. The van der Waals surface area contributed by atoms with Crippen molar-refractivity contribution in [2.24, 2.45) is 0 Å². The summed E-state index contributed by atoms with van der Waals surface area (Å²) in [7, 11) is 0. The van der Waals surface area contributed by atoms with Gasteiger partial charge in [0.05, 0.1) is 22.5 Å². The number of benzene rings is 1. The second-order valence-corrected chi connectivity index (χ2v) is 8.07. The highest BCUT2D eigenvalue weighted by atomic mass is 32.1. The van der Waals surface area contributed by atoms with Crippen LogP contribution in [0.3, 0.4) is 0 Å². The molecule has 8 heteroatoms. The van der Waals surface area contributed by atoms with E-state index >= 15 is 0 Å². The molecule has 5 rings (SSSR count). The molecule has 1 aliphatic heterocycles. The van der Waals surface area contributed by atoms with E-state index in [1.165, 1.54) is 16.9 Å². The Morgan fingerprint density at radius 1 is 1.24 bits per heavy atom. The fourth-order valence-corrected chi connectivity index (χ4v) is 4.63. The van der Waals surface area contributed by atoms with E-state index in [1.807, 2.05) is 28.8 Å². The molecule has 3 aromatic heterocycles. The van der Waals surface area contributed by atoms with Crippen LogP contribution in [-0.2, 0) is 25.9 Å². The first-order valence-corrected chi connectivity index (χ1v) is 10.6. The standard InChI is InChI=1S/C21H20N6OS/c1-2-14-8-9-16-17(12-14)29-21(23-16)27(13-15-6-3-4-10-22-15)20(28)19-25-24-18-7-5-11-26(18)19/h3-4,6,8-10,12H,2,5,7,11,13H2,1H3. The number of amides is 1. The summed E-state index contributed by atoms with van der Waals surface area (Å²) in [6.45, 7) is 3.24. The summed E-state index contributed by atoms with van der Waals surface area (Å²) in [5, 5.41) is 9.04. The molecule has 0 fully saturated rings. The molecule has 0 radical (unpaired) electrons. The fourth-order valence-electron chi connectivity index (χ4n) is 3.60. The van der Waals surface area contributed by atoms with Gasteiger partial charge in [-0.2, -0.15) is 0 Å². The Hall–Kier alpha value is -3.13. The molecular formula is C21H20N6OS. The SMILES string of the molecule is CCc1ccc2nc(N(Cc3ccccn3)C(=O)c3nnc4n3CCC4)sc2c1. The van der Waals surface area contributed by atoms with E-state index in [1.54, 1.807) is 11.1 Å². The highest BCUT2D eigenvalue weighted by Gasteiger charge is 2.29. The zero-order valence-corrected chi connectivity index (χ0v) is 16.9. The maximum atomic E-state index is 13.5. The summed E-state index contributed by atoms with van der Waals surface area (Å²) < 4.78 is 3.00. The lowest BCUT2D eigenvalue weighted by atomic mass is 10.2. The van der Waals surface area contributed by atoms with Gasteiger partial charge in [-0.3, -0.25) is 14.7 Å². The predicted octanol–water partition coefficient (Wildman–Crippen LogP) is 3.64. The van der Waals surface area contributed by atoms with Crippen LogP contribution in [0.25, 0.3) is 10.2 Å². The van der Waals surface area contributed by atoms with Gasteiger partial charge in [0, 0.05) is 19.2 Å². The normalized spacial score (nSPS) is 13.0. The zero-order valence-electron chi connectivity index (χ0n) is 16.1. The largest absolute Gasteiger partial charge is 0.307 e. The molecule has 1 amide bonds. The molecule has 29 heavy (non-hydrogen) atoms. The molecule has 0 N–H and O–H groups in total. The zero-order chi connectivity index (χ0) is 19.8. The van der Waals surface area contributed by atoms with Crippen LogP contribution in [0.4, 0.5) is 5.13 Å². The number of aromatic nitrogens is 5. The molecule has 1 aromatic carbocycles. The average Bonchev–Trinajstić information content (AvgIpc) is 3.46. The quantitative estimate of drug-likeness (QED) is 0.508.